The van der Waals surface area contributed by atoms with Gasteiger partial charge in [0.1, 0.15) is 17.6 Å². The molecule has 2 bridgehead atoms. The first-order chi connectivity index (χ1) is 14.2. The number of nitrogens with one attached hydrogen (secondary N) is 1. The maximum Gasteiger partial charge on any atom is 0.271 e. The van der Waals surface area contributed by atoms with Gasteiger partial charge in [-0.3, -0.25) is 4.79 Å². The van der Waals surface area contributed by atoms with E-state index >= 15 is 0 Å². The van der Waals surface area contributed by atoms with E-state index in [2.05, 4.69) is 15.7 Å². The molecule has 0 aliphatic carbocycles. The lowest BCUT2D eigenvalue weighted by Gasteiger charge is -2.30. The standard InChI is InChI=1S/C21H19N3O5/c1-26-14-9-7-12(8-10-14)17-16-18(21-27-11-15(28-21)19(16)29-24-17)22-23-20(25)13-5-3-2-4-6-13/h2-10,15-16,19,21H,11H2,1H3,(H,23,25)/b22-18-. The number of hydrogen-bond donors (Lipinski definition) is 1. The van der Waals surface area contributed by atoms with Crippen LogP contribution >= 0.6 is 0 Å². The van der Waals surface area contributed by atoms with Gasteiger partial charge in [0.2, 0.25) is 0 Å². The highest BCUT2D eigenvalue weighted by atomic mass is 16.7. The fourth-order valence-electron chi connectivity index (χ4n) is 3.76. The van der Waals surface area contributed by atoms with Crippen molar-refractivity contribution in [2.24, 2.45) is 16.2 Å². The lowest BCUT2D eigenvalue weighted by atomic mass is 9.84. The van der Waals surface area contributed by atoms with E-state index in [0.717, 1.165) is 17.0 Å². The first-order valence-electron chi connectivity index (χ1n) is 9.32. The van der Waals surface area contributed by atoms with Crippen molar-refractivity contribution in [3.63, 3.8) is 0 Å². The molecule has 0 aromatic heterocycles. The predicted octanol–water partition coefficient (Wildman–Crippen LogP) is 1.96. The summed E-state index contributed by atoms with van der Waals surface area (Å²) in [6.07, 6.45) is -1.21. The van der Waals surface area contributed by atoms with Gasteiger partial charge in [-0.15, -0.1) is 0 Å². The number of carbonyl (C=O) groups is 1. The maximum atomic E-state index is 12.4. The van der Waals surface area contributed by atoms with Crippen LogP contribution < -0.4 is 10.2 Å². The van der Waals surface area contributed by atoms with E-state index in [0.29, 0.717) is 17.9 Å². The van der Waals surface area contributed by atoms with Crippen molar-refractivity contribution in [2.45, 2.75) is 18.5 Å². The van der Waals surface area contributed by atoms with Gasteiger partial charge in [-0.2, -0.15) is 5.10 Å². The lowest BCUT2D eigenvalue weighted by molar-refractivity contribution is -0.0812. The number of benzene rings is 2. The quantitative estimate of drug-likeness (QED) is 0.802. The Labute approximate surface area is 167 Å². The fourth-order valence-corrected chi connectivity index (χ4v) is 3.76. The molecule has 1 N–H and O–H groups in total. The van der Waals surface area contributed by atoms with E-state index in [1.54, 1.807) is 31.4 Å². The highest BCUT2D eigenvalue weighted by Crippen LogP contribution is 2.38. The molecular weight excluding hydrogens is 374 g/mol. The van der Waals surface area contributed by atoms with Crippen molar-refractivity contribution < 1.29 is 23.8 Å². The van der Waals surface area contributed by atoms with Crippen molar-refractivity contribution in [3.05, 3.63) is 65.7 Å². The zero-order valence-corrected chi connectivity index (χ0v) is 15.6. The van der Waals surface area contributed by atoms with Gasteiger partial charge in [-0.1, -0.05) is 23.4 Å². The van der Waals surface area contributed by atoms with Crippen molar-refractivity contribution >= 4 is 17.3 Å². The minimum atomic E-state index is -0.637. The molecule has 8 nitrogen and oxygen atoms in total. The van der Waals surface area contributed by atoms with Gasteiger partial charge in [0, 0.05) is 11.1 Å². The third-order valence-electron chi connectivity index (χ3n) is 5.24. The second kappa shape index (κ2) is 7.31. The van der Waals surface area contributed by atoms with Crippen LogP contribution in [0.15, 0.2) is 64.9 Å². The molecule has 3 aliphatic heterocycles. The van der Waals surface area contributed by atoms with Crippen LogP contribution in [-0.4, -0.2) is 49.5 Å². The molecule has 2 fully saturated rings. The average Bonchev–Trinajstić information content (AvgIpc) is 3.40. The minimum absolute atomic E-state index is 0.228. The summed E-state index contributed by atoms with van der Waals surface area (Å²) >= 11 is 0. The third-order valence-corrected chi connectivity index (χ3v) is 5.24. The number of fused-ring (bicyclic) bond motifs is 4. The largest absolute Gasteiger partial charge is 0.497 e. The second-order valence-corrected chi connectivity index (χ2v) is 6.94. The van der Waals surface area contributed by atoms with E-state index in [4.69, 9.17) is 19.0 Å². The molecular formula is C21H19N3O5. The fraction of sp³-hybridized carbons (Fsp3) is 0.286. The SMILES string of the molecule is COc1ccc(C2=NOC3C4COC(O4)/C(=N\NC(=O)c4ccccc4)C23)cc1. The Balaban J connectivity index is 1.44. The zero-order valence-electron chi connectivity index (χ0n) is 15.6. The van der Waals surface area contributed by atoms with Crippen molar-refractivity contribution in [2.75, 3.05) is 13.7 Å². The summed E-state index contributed by atoms with van der Waals surface area (Å²) in [6.45, 7) is 0.392. The molecule has 0 spiro atoms. The number of rotatable bonds is 4. The monoisotopic (exact) mass is 393 g/mol. The van der Waals surface area contributed by atoms with E-state index in [1.807, 2.05) is 30.3 Å². The molecule has 2 aromatic rings. The third kappa shape index (κ3) is 3.16. The molecule has 2 saturated heterocycles. The Kier molecular flexibility index (Phi) is 4.49. The van der Waals surface area contributed by atoms with E-state index in [9.17, 15) is 4.79 Å². The Bertz CT molecular complexity index is 974. The molecule has 29 heavy (non-hydrogen) atoms. The number of hydrazone groups is 1. The maximum absolute atomic E-state index is 12.4. The van der Waals surface area contributed by atoms with Crippen LogP contribution in [-0.2, 0) is 14.3 Å². The van der Waals surface area contributed by atoms with Crippen LogP contribution in [0.4, 0.5) is 0 Å². The number of methoxy groups -OCH3 is 1. The number of nitrogens with zero attached hydrogens (tertiary/aromatic N) is 2. The molecule has 3 aliphatic rings. The summed E-state index contributed by atoms with van der Waals surface area (Å²) in [7, 11) is 1.62. The van der Waals surface area contributed by atoms with Crippen LogP contribution in [0.5, 0.6) is 5.75 Å². The van der Waals surface area contributed by atoms with Crippen LogP contribution in [0.25, 0.3) is 0 Å². The molecule has 4 unspecified atom stereocenters. The first kappa shape index (κ1) is 17.8. The van der Waals surface area contributed by atoms with Crippen LogP contribution in [0.3, 0.4) is 0 Å². The molecule has 4 atom stereocenters. The predicted molar refractivity (Wildman–Crippen MR) is 104 cm³/mol. The highest BCUT2D eigenvalue weighted by molar-refractivity contribution is 6.17. The number of carbonyl (C=O) groups excluding carboxylic acids is 1. The summed E-state index contributed by atoms with van der Waals surface area (Å²) in [4.78, 5) is 18.1. The highest BCUT2D eigenvalue weighted by Gasteiger charge is 2.55. The molecule has 1 amide bonds. The molecule has 0 saturated carbocycles. The van der Waals surface area contributed by atoms with Crippen LogP contribution in [0.1, 0.15) is 15.9 Å². The number of oxime groups is 1. The summed E-state index contributed by atoms with van der Waals surface area (Å²) in [5.74, 6) is 0.173. The van der Waals surface area contributed by atoms with Gasteiger partial charge in [-0.05, 0) is 36.4 Å². The summed E-state index contributed by atoms with van der Waals surface area (Å²) in [5.41, 5.74) is 5.29. The minimum Gasteiger partial charge on any atom is -0.497 e. The number of ether oxygens (including phenoxy) is 3. The molecule has 148 valence electrons. The van der Waals surface area contributed by atoms with Gasteiger partial charge in [0.15, 0.2) is 12.4 Å². The molecule has 5 rings (SSSR count). The smallest absolute Gasteiger partial charge is 0.271 e. The topological polar surface area (TPSA) is 90.7 Å². The van der Waals surface area contributed by atoms with Crippen molar-refractivity contribution in [1.29, 1.82) is 0 Å². The van der Waals surface area contributed by atoms with Crippen molar-refractivity contribution in [1.82, 2.24) is 5.43 Å². The number of amides is 1. The van der Waals surface area contributed by atoms with E-state index < -0.39 is 6.29 Å². The van der Waals surface area contributed by atoms with Gasteiger partial charge in [-0.25, -0.2) is 5.43 Å². The Morgan fingerprint density at radius 2 is 1.97 bits per heavy atom. The van der Waals surface area contributed by atoms with Crippen LogP contribution in [0.2, 0.25) is 0 Å². The normalized spacial score (nSPS) is 28.4. The Morgan fingerprint density at radius 3 is 2.72 bits per heavy atom. The lowest BCUT2D eigenvalue weighted by Crippen LogP contribution is -2.49. The Morgan fingerprint density at radius 1 is 1.17 bits per heavy atom. The first-order valence-corrected chi connectivity index (χ1v) is 9.32. The summed E-state index contributed by atoms with van der Waals surface area (Å²) in [5, 5.41) is 8.68. The Hall–Kier alpha value is -3.23. The summed E-state index contributed by atoms with van der Waals surface area (Å²) < 4.78 is 16.8. The van der Waals surface area contributed by atoms with Gasteiger partial charge in [0.05, 0.1) is 25.3 Å². The molecule has 8 heteroatoms. The molecule has 3 heterocycles. The van der Waals surface area contributed by atoms with Gasteiger partial charge in [0.25, 0.3) is 5.91 Å². The van der Waals surface area contributed by atoms with Gasteiger partial charge < -0.3 is 19.0 Å². The summed E-state index contributed by atoms with van der Waals surface area (Å²) in [6, 6.07) is 16.5. The van der Waals surface area contributed by atoms with Crippen LogP contribution in [0, 0.1) is 5.92 Å². The number of hydrogen-bond acceptors (Lipinski definition) is 7. The van der Waals surface area contributed by atoms with E-state index in [-0.39, 0.29) is 24.0 Å². The zero-order chi connectivity index (χ0) is 19.8. The average molecular weight is 393 g/mol. The van der Waals surface area contributed by atoms with Gasteiger partial charge >= 0.3 is 0 Å². The second-order valence-electron chi connectivity index (χ2n) is 6.94. The van der Waals surface area contributed by atoms with Crippen molar-refractivity contribution in [3.8, 4) is 5.75 Å². The molecule has 2 aromatic carbocycles. The van der Waals surface area contributed by atoms with E-state index in [1.165, 1.54) is 0 Å². The molecule has 0 radical (unpaired) electrons.